The summed E-state index contributed by atoms with van der Waals surface area (Å²) in [6.07, 6.45) is -3.37. The molecule has 8 heteroatoms. The summed E-state index contributed by atoms with van der Waals surface area (Å²) in [4.78, 5) is 0. The molecular weight excluding hydrogens is 303 g/mol. The molecule has 0 aliphatic carbocycles. The maximum absolute atomic E-state index is 12.4. The Balaban J connectivity index is 1.95. The summed E-state index contributed by atoms with van der Waals surface area (Å²) in [5.74, 6) is 0.359. The second-order valence-corrected chi connectivity index (χ2v) is 5.04. The standard InChI is InChI=1S/C13H14F3N3OS/c1-2-7-17-12-11(18-19-21-12)8-20-10-5-3-9(4-6-10)13(14,15)16/h3-6,17H,2,7-8H2,1H3. The topological polar surface area (TPSA) is 47.0 Å². The molecule has 1 heterocycles. The van der Waals surface area contributed by atoms with E-state index in [0.29, 0.717) is 11.4 Å². The lowest BCUT2D eigenvalue weighted by Gasteiger charge is -2.09. The third-order valence-corrected chi connectivity index (χ3v) is 3.37. The Hall–Kier alpha value is -1.83. The number of rotatable bonds is 6. The van der Waals surface area contributed by atoms with Crippen molar-refractivity contribution in [2.24, 2.45) is 0 Å². The second kappa shape index (κ2) is 6.75. The van der Waals surface area contributed by atoms with E-state index in [9.17, 15) is 13.2 Å². The van der Waals surface area contributed by atoms with Crippen molar-refractivity contribution in [3.8, 4) is 5.75 Å². The first kappa shape index (κ1) is 15.6. The van der Waals surface area contributed by atoms with Crippen LogP contribution in [0.3, 0.4) is 0 Å². The lowest BCUT2D eigenvalue weighted by atomic mass is 10.2. The Morgan fingerprint density at radius 1 is 1.24 bits per heavy atom. The van der Waals surface area contributed by atoms with E-state index in [-0.39, 0.29) is 6.61 Å². The van der Waals surface area contributed by atoms with Gasteiger partial charge in [-0.3, -0.25) is 0 Å². The van der Waals surface area contributed by atoms with Crippen LogP contribution in [0.15, 0.2) is 24.3 Å². The number of nitrogens with zero attached hydrogens (tertiary/aromatic N) is 2. The molecule has 0 aliphatic heterocycles. The molecule has 0 bridgehead atoms. The van der Waals surface area contributed by atoms with Crippen LogP contribution < -0.4 is 10.1 Å². The van der Waals surface area contributed by atoms with Gasteiger partial charge in [0.05, 0.1) is 5.56 Å². The van der Waals surface area contributed by atoms with E-state index in [1.165, 1.54) is 23.7 Å². The first-order chi connectivity index (χ1) is 10.0. The largest absolute Gasteiger partial charge is 0.487 e. The molecule has 0 unspecified atom stereocenters. The highest BCUT2D eigenvalue weighted by molar-refractivity contribution is 7.10. The Labute approximate surface area is 124 Å². The van der Waals surface area contributed by atoms with E-state index in [1.54, 1.807) is 0 Å². The van der Waals surface area contributed by atoms with E-state index in [2.05, 4.69) is 14.9 Å². The number of hydrogen-bond acceptors (Lipinski definition) is 5. The highest BCUT2D eigenvalue weighted by Crippen LogP contribution is 2.30. The van der Waals surface area contributed by atoms with Gasteiger partial charge in [0.1, 0.15) is 23.1 Å². The Bertz CT molecular complexity index is 569. The van der Waals surface area contributed by atoms with Gasteiger partial charge in [-0.25, -0.2) is 0 Å². The van der Waals surface area contributed by atoms with E-state index in [4.69, 9.17) is 4.74 Å². The molecule has 0 amide bonds. The molecule has 1 aromatic carbocycles. The lowest BCUT2D eigenvalue weighted by molar-refractivity contribution is -0.137. The number of halogens is 3. The highest BCUT2D eigenvalue weighted by Gasteiger charge is 2.30. The minimum Gasteiger partial charge on any atom is -0.487 e. The number of nitrogens with one attached hydrogen (secondary N) is 1. The number of hydrogen-bond donors (Lipinski definition) is 1. The predicted molar refractivity (Wildman–Crippen MR) is 74.5 cm³/mol. The lowest BCUT2D eigenvalue weighted by Crippen LogP contribution is -2.05. The van der Waals surface area contributed by atoms with Gasteiger partial charge in [0.2, 0.25) is 0 Å². The first-order valence-corrected chi connectivity index (χ1v) is 7.13. The normalized spacial score (nSPS) is 11.4. The first-order valence-electron chi connectivity index (χ1n) is 6.36. The molecule has 0 saturated heterocycles. The number of ether oxygens (including phenoxy) is 1. The molecule has 0 atom stereocenters. The van der Waals surface area contributed by atoms with Crippen molar-refractivity contribution < 1.29 is 17.9 Å². The fourth-order valence-electron chi connectivity index (χ4n) is 1.57. The molecule has 2 rings (SSSR count). The average Bonchev–Trinajstić information content (AvgIpc) is 2.90. The minimum atomic E-state index is -4.34. The summed E-state index contributed by atoms with van der Waals surface area (Å²) in [6, 6.07) is 4.57. The molecule has 2 aromatic rings. The van der Waals surface area contributed by atoms with Gasteiger partial charge < -0.3 is 10.1 Å². The molecular formula is C13H14F3N3OS. The van der Waals surface area contributed by atoms with Crippen LogP contribution in [0.4, 0.5) is 18.2 Å². The van der Waals surface area contributed by atoms with Crippen molar-refractivity contribution in [1.29, 1.82) is 0 Å². The molecule has 1 N–H and O–H groups in total. The van der Waals surface area contributed by atoms with Gasteiger partial charge in [-0.15, -0.1) is 5.10 Å². The van der Waals surface area contributed by atoms with Gasteiger partial charge in [0.25, 0.3) is 0 Å². The van der Waals surface area contributed by atoms with Crippen molar-refractivity contribution in [3.05, 3.63) is 35.5 Å². The van der Waals surface area contributed by atoms with Gasteiger partial charge in [-0.05, 0) is 30.7 Å². The van der Waals surface area contributed by atoms with E-state index < -0.39 is 11.7 Å². The zero-order chi connectivity index (χ0) is 15.3. The van der Waals surface area contributed by atoms with Crippen LogP contribution in [0.2, 0.25) is 0 Å². The molecule has 21 heavy (non-hydrogen) atoms. The summed E-state index contributed by atoms with van der Waals surface area (Å²) in [5, 5.41) is 7.94. The fraction of sp³-hybridized carbons (Fsp3) is 0.385. The van der Waals surface area contributed by atoms with Crippen LogP contribution in [-0.2, 0) is 12.8 Å². The van der Waals surface area contributed by atoms with Crippen LogP contribution >= 0.6 is 11.5 Å². The highest BCUT2D eigenvalue weighted by atomic mass is 32.1. The fourth-order valence-corrected chi connectivity index (χ4v) is 2.16. The molecule has 0 radical (unpaired) electrons. The zero-order valence-electron chi connectivity index (χ0n) is 11.3. The summed E-state index contributed by atoms with van der Waals surface area (Å²) in [7, 11) is 0. The third kappa shape index (κ3) is 4.32. The van der Waals surface area contributed by atoms with Crippen molar-refractivity contribution in [1.82, 2.24) is 9.59 Å². The number of alkyl halides is 3. The van der Waals surface area contributed by atoms with E-state index in [0.717, 1.165) is 30.1 Å². The van der Waals surface area contributed by atoms with Crippen LogP contribution in [0.5, 0.6) is 5.75 Å². The number of aromatic nitrogens is 2. The predicted octanol–water partition coefficient (Wildman–Crippen LogP) is 3.96. The summed E-state index contributed by atoms with van der Waals surface area (Å²) >= 11 is 1.23. The second-order valence-electron chi connectivity index (χ2n) is 4.29. The quantitative estimate of drug-likeness (QED) is 0.876. The minimum absolute atomic E-state index is 0.161. The number of anilines is 1. The summed E-state index contributed by atoms with van der Waals surface area (Å²) in [6.45, 7) is 3.00. The van der Waals surface area contributed by atoms with Gasteiger partial charge in [0, 0.05) is 18.1 Å². The van der Waals surface area contributed by atoms with Crippen molar-refractivity contribution >= 4 is 16.5 Å². The molecule has 0 aliphatic rings. The van der Waals surface area contributed by atoms with Crippen LogP contribution in [0.1, 0.15) is 24.6 Å². The average molecular weight is 317 g/mol. The maximum Gasteiger partial charge on any atom is 0.416 e. The molecule has 4 nitrogen and oxygen atoms in total. The maximum atomic E-state index is 12.4. The molecule has 114 valence electrons. The SMILES string of the molecule is CCCNc1snnc1COc1ccc(C(F)(F)F)cc1. The van der Waals surface area contributed by atoms with Crippen LogP contribution in [0.25, 0.3) is 0 Å². The molecule has 1 aromatic heterocycles. The van der Waals surface area contributed by atoms with Gasteiger partial charge in [-0.2, -0.15) is 13.2 Å². The van der Waals surface area contributed by atoms with E-state index in [1.807, 2.05) is 6.92 Å². The Kier molecular flexibility index (Phi) is 5.00. The molecule has 0 saturated carbocycles. The monoisotopic (exact) mass is 317 g/mol. The Morgan fingerprint density at radius 3 is 2.57 bits per heavy atom. The molecule has 0 spiro atoms. The van der Waals surface area contributed by atoms with Crippen LogP contribution in [-0.4, -0.2) is 16.1 Å². The summed E-state index contributed by atoms with van der Waals surface area (Å²) < 4.78 is 46.6. The molecule has 0 fully saturated rings. The zero-order valence-corrected chi connectivity index (χ0v) is 12.1. The summed E-state index contributed by atoms with van der Waals surface area (Å²) in [5.41, 5.74) is -0.0520. The van der Waals surface area contributed by atoms with Gasteiger partial charge in [-0.1, -0.05) is 11.4 Å². The van der Waals surface area contributed by atoms with Crippen molar-refractivity contribution in [2.75, 3.05) is 11.9 Å². The van der Waals surface area contributed by atoms with Gasteiger partial charge >= 0.3 is 6.18 Å². The Morgan fingerprint density at radius 2 is 1.95 bits per heavy atom. The van der Waals surface area contributed by atoms with Crippen molar-refractivity contribution in [2.45, 2.75) is 26.1 Å². The smallest absolute Gasteiger partial charge is 0.416 e. The van der Waals surface area contributed by atoms with E-state index >= 15 is 0 Å². The van der Waals surface area contributed by atoms with Crippen molar-refractivity contribution in [3.63, 3.8) is 0 Å². The van der Waals surface area contributed by atoms with Crippen LogP contribution in [0, 0.1) is 0 Å². The number of benzene rings is 1. The van der Waals surface area contributed by atoms with Gasteiger partial charge in [0.15, 0.2) is 0 Å². The third-order valence-electron chi connectivity index (χ3n) is 2.65.